The number of hydrogen-bond acceptors (Lipinski definition) is 2. The summed E-state index contributed by atoms with van der Waals surface area (Å²) in [6.07, 6.45) is 7.06. The number of hydrogen-bond donors (Lipinski definition) is 0. The van der Waals surface area contributed by atoms with Crippen molar-refractivity contribution in [3.8, 4) is 5.75 Å². The van der Waals surface area contributed by atoms with Gasteiger partial charge in [-0.25, -0.2) is 0 Å². The molecule has 2 aromatic carbocycles. The van der Waals surface area contributed by atoms with Crippen LogP contribution >= 0.6 is 0 Å². The highest BCUT2D eigenvalue weighted by Crippen LogP contribution is 2.24. The van der Waals surface area contributed by atoms with Gasteiger partial charge >= 0.3 is 0 Å². The molecule has 0 bridgehead atoms. The zero-order valence-corrected chi connectivity index (χ0v) is 14.8. The third-order valence-corrected chi connectivity index (χ3v) is 4.11. The number of para-hydroxylation sites is 1. The summed E-state index contributed by atoms with van der Waals surface area (Å²) in [4.78, 5) is 0. The Labute approximate surface area is 146 Å². The Morgan fingerprint density at radius 1 is 0.750 bits per heavy atom. The number of rotatable bonds is 12. The van der Waals surface area contributed by atoms with Crippen molar-refractivity contribution in [2.24, 2.45) is 0 Å². The zero-order valence-electron chi connectivity index (χ0n) is 14.8. The molecule has 0 heterocycles. The minimum Gasteiger partial charge on any atom is -0.494 e. The Kier molecular flexibility index (Phi) is 9.03. The molecule has 0 fully saturated rings. The van der Waals surface area contributed by atoms with Gasteiger partial charge in [0, 0.05) is 6.61 Å². The van der Waals surface area contributed by atoms with Gasteiger partial charge in [0.25, 0.3) is 0 Å². The monoisotopic (exact) mass is 326 g/mol. The molecule has 24 heavy (non-hydrogen) atoms. The summed E-state index contributed by atoms with van der Waals surface area (Å²) >= 11 is 0. The summed E-state index contributed by atoms with van der Waals surface area (Å²) in [6.45, 7) is 3.84. The Morgan fingerprint density at radius 2 is 1.46 bits per heavy atom. The molecule has 2 aromatic rings. The molecule has 0 aliphatic carbocycles. The van der Waals surface area contributed by atoms with Crippen LogP contribution in [-0.4, -0.2) is 13.2 Å². The van der Waals surface area contributed by atoms with Gasteiger partial charge in [-0.2, -0.15) is 0 Å². The van der Waals surface area contributed by atoms with Crippen LogP contribution in [-0.2, 0) is 4.74 Å². The van der Waals surface area contributed by atoms with Crippen molar-refractivity contribution in [1.82, 2.24) is 0 Å². The molecule has 0 N–H and O–H groups in total. The van der Waals surface area contributed by atoms with Gasteiger partial charge in [-0.3, -0.25) is 0 Å². The second-order valence-corrected chi connectivity index (χ2v) is 6.13. The Hall–Kier alpha value is -1.80. The molecule has 0 aromatic heterocycles. The highest BCUT2D eigenvalue weighted by molar-refractivity contribution is 5.20. The molecule has 0 saturated heterocycles. The molecule has 0 saturated carbocycles. The summed E-state index contributed by atoms with van der Waals surface area (Å²) in [6, 6.07) is 20.6. The maximum Gasteiger partial charge on any atom is 0.119 e. The van der Waals surface area contributed by atoms with Gasteiger partial charge in [-0.05, 0) is 43.4 Å². The van der Waals surface area contributed by atoms with Crippen LogP contribution in [0.15, 0.2) is 60.7 Å². The van der Waals surface area contributed by atoms with E-state index in [1.165, 1.54) is 24.8 Å². The lowest BCUT2D eigenvalue weighted by Gasteiger charge is -2.18. The molecule has 130 valence electrons. The van der Waals surface area contributed by atoms with Gasteiger partial charge in [-0.15, -0.1) is 0 Å². The van der Waals surface area contributed by atoms with Crippen LogP contribution in [0.4, 0.5) is 0 Å². The fourth-order valence-electron chi connectivity index (χ4n) is 2.70. The SMILES string of the molecule is CCCCOC(CCCCCOc1ccccc1)c1ccccc1. The molecule has 1 atom stereocenters. The van der Waals surface area contributed by atoms with E-state index in [-0.39, 0.29) is 6.10 Å². The maximum atomic E-state index is 6.11. The first-order chi connectivity index (χ1) is 11.9. The van der Waals surface area contributed by atoms with E-state index in [0.717, 1.165) is 38.2 Å². The molecule has 0 spiro atoms. The molecule has 0 aliphatic heterocycles. The molecule has 1 unspecified atom stereocenters. The Bertz CT molecular complexity index is 524. The van der Waals surface area contributed by atoms with Crippen LogP contribution in [0.1, 0.15) is 57.1 Å². The summed E-state index contributed by atoms with van der Waals surface area (Å²) in [5, 5.41) is 0. The second-order valence-electron chi connectivity index (χ2n) is 6.13. The van der Waals surface area contributed by atoms with Gasteiger partial charge in [0.2, 0.25) is 0 Å². The second kappa shape index (κ2) is 11.7. The quantitative estimate of drug-likeness (QED) is 0.433. The fourth-order valence-corrected chi connectivity index (χ4v) is 2.70. The number of ether oxygens (including phenoxy) is 2. The first kappa shape index (κ1) is 18.5. The molecule has 2 nitrogen and oxygen atoms in total. The summed E-state index contributed by atoms with van der Waals surface area (Å²) < 4.78 is 11.9. The minimum absolute atomic E-state index is 0.229. The summed E-state index contributed by atoms with van der Waals surface area (Å²) in [5.41, 5.74) is 1.30. The lowest BCUT2D eigenvalue weighted by molar-refractivity contribution is 0.0427. The molecule has 0 radical (unpaired) electrons. The lowest BCUT2D eigenvalue weighted by Crippen LogP contribution is -2.06. The van der Waals surface area contributed by atoms with E-state index in [1.807, 2.05) is 30.3 Å². The largest absolute Gasteiger partial charge is 0.494 e. The first-order valence-electron chi connectivity index (χ1n) is 9.24. The highest BCUT2D eigenvalue weighted by atomic mass is 16.5. The van der Waals surface area contributed by atoms with Crippen LogP contribution in [0.2, 0.25) is 0 Å². The number of benzene rings is 2. The van der Waals surface area contributed by atoms with Crippen LogP contribution in [0.5, 0.6) is 5.75 Å². The predicted molar refractivity (Wildman–Crippen MR) is 100 cm³/mol. The fraction of sp³-hybridized carbons (Fsp3) is 0.455. The van der Waals surface area contributed by atoms with Crippen molar-refractivity contribution in [1.29, 1.82) is 0 Å². The van der Waals surface area contributed by atoms with Crippen molar-refractivity contribution in [2.45, 2.75) is 51.6 Å². The van der Waals surface area contributed by atoms with E-state index >= 15 is 0 Å². The van der Waals surface area contributed by atoms with Crippen molar-refractivity contribution in [2.75, 3.05) is 13.2 Å². The van der Waals surface area contributed by atoms with Gasteiger partial charge < -0.3 is 9.47 Å². The van der Waals surface area contributed by atoms with Gasteiger partial charge in [0.05, 0.1) is 12.7 Å². The third kappa shape index (κ3) is 7.18. The van der Waals surface area contributed by atoms with Crippen molar-refractivity contribution in [3.05, 3.63) is 66.2 Å². The van der Waals surface area contributed by atoms with Crippen molar-refractivity contribution < 1.29 is 9.47 Å². The Morgan fingerprint density at radius 3 is 2.17 bits per heavy atom. The zero-order chi connectivity index (χ0) is 16.9. The molecule has 0 aliphatic rings. The molecular formula is C22H30O2. The predicted octanol–water partition coefficient (Wildman–Crippen LogP) is 6.18. The first-order valence-corrected chi connectivity index (χ1v) is 9.24. The summed E-state index contributed by atoms with van der Waals surface area (Å²) in [5.74, 6) is 0.961. The van der Waals surface area contributed by atoms with Gasteiger partial charge in [-0.1, -0.05) is 68.3 Å². The highest BCUT2D eigenvalue weighted by Gasteiger charge is 2.11. The van der Waals surface area contributed by atoms with Crippen LogP contribution in [0.3, 0.4) is 0 Å². The average molecular weight is 326 g/mol. The normalized spacial score (nSPS) is 12.0. The third-order valence-electron chi connectivity index (χ3n) is 4.11. The van der Waals surface area contributed by atoms with E-state index in [4.69, 9.17) is 9.47 Å². The lowest BCUT2D eigenvalue weighted by atomic mass is 10.0. The molecule has 0 amide bonds. The summed E-state index contributed by atoms with van der Waals surface area (Å²) in [7, 11) is 0. The van der Waals surface area contributed by atoms with Crippen LogP contribution in [0.25, 0.3) is 0 Å². The van der Waals surface area contributed by atoms with Crippen molar-refractivity contribution in [3.63, 3.8) is 0 Å². The minimum atomic E-state index is 0.229. The molecule has 2 heteroatoms. The number of unbranched alkanes of at least 4 members (excludes halogenated alkanes) is 3. The van der Waals surface area contributed by atoms with E-state index in [0.29, 0.717) is 0 Å². The van der Waals surface area contributed by atoms with E-state index < -0.39 is 0 Å². The van der Waals surface area contributed by atoms with E-state index in [1.54, 1.807) is 0 Å². The topological polar surface area (TPSA) is 18.5 Å². The molecular weight excluding hydrogens is 296 g/mol. The van der Waals surface area contributed by atoms with Crippen LogP contribution < -0.4 is 4.74 Å². The van der Waals surface area contributed by atoms with Gasteiger partial charge in [0.1, 0.15) is 5.75 Å². The van der Waals surface area contributed by atoms with Gasteiger partial charge in [0.15, 0.2) is 0 Å². The van der Waals surface area contributed by atoms with E-state index in [2.05, 4.69) is 37.3 Å². The smallest absolute Gasteiger partial charge is 0.119 e. The molecule has 2 rings (SSSR count). The van der Waals surface area contributed by atoms with Crippen molar-refractivity contribution >= 4 is 0 Å². The maximum absolute atomic E-state index is 6.11. The van der Waals surface area contributed by atoms with E-state index in [9.17, 15) is 0 Å². The van der Waals surface area contributed by atoms with Crippen LogP contribution in [0, 0.1) is 0 Å². The standard InChI is InChI=1S/C22H30O2/c1-2-3-18-24-22(20-13-7-4-8-14-20)17-11-6-12-19-23-21-15-9-5-10-16-21/h4-5,7-10,13-16,22H,2-3,6,11-12,17-19H2,1H3. The average Bonchev–Trinajstić information content (AvgIpc) is 2.64. The Balaban J connectivity index is 1.66.